The highest BCUT2D eigenvalue weighted by molar-refractivity contribution is 6.21. The van der Waals surface area contributed by atoms with Gasteiger partial charge < -0.3 is 25.8 Å². The molecule has 0 radical (unpaired) electrons. The minimum Gasteiger partial charge on any atom is -0.511 e. The van der Waals surface area contributed by atoms with Crippen LogP contribution >= 0.6 is 0 Å². The monoisotopic (exact) mass is 734 g/mol. The van der Waals surface area contributed by atoms with Gasteiger partial charge in [-0.1, -0.05) is 33.6 Å². The SMILES string of the molecule is CCC1=C(C)C2=NC1=CC1=C(C)C3=C(O)CC(=C4NC(=CC5=NC(=C2)C(CC)=C5C)[C@@H](C)[C@@H]4CCC(=O)NCCCCCCNC(=O)OC(C)(C)C)C3=N1. The van der Waals surface area contributed by atoms with Gasteiger partial charge in [-0.05, 0) is 120 Å². The number of unbranched alkanes of at least 4 members (excludes halogenated alkanes) is 3. The fourth-order valence-electron chi connectivity index (χ4n) is 8.32. The second kappa shape index (κ2) is 15.9. The first-order valence-electron chi connectivity index (χ1n) is 19.9. The quantitative estimate of drug-likeness (QED) is 0.148. The van der Waals surface area contributed by atoms with Crippen LogP contribution < -0.4 is 16.0 Å². The summed E-state index contributed by atoms with van der Waals surface area (Å²) in [6.45, 7) is 19.6. The van der Waals surface area contributed by atoms with Crippen molar-refractivity contribution in [2.45, 2.75) is 126 Å². The first-order chi connectivity index (χ1) is 25.7. The molecule has 1 fully saturated rings. The summed E-state index contributed by atoms with van der Waals surface area (Å²) in [6.07, 6.45) is 12.9. The maximum Gasteiger partial charge on any atom is 0.407 e. The lowest BCUT2D eigenvalue weighted by molar-refractivity contribution is -0.121. The highest BCUT2D eigenvalue weighted by Gasteiger charge is 2.41. The number of fused-ring (bicyclic) bond motifs is 5. The zero-order chi connectivity index (χ0) is 38.9. The molecule has 0 aromatic rings. The van der Waals surface area contributed by atoms with Gasteiger partial charge in [-0.15, -0.1) is 0 Å². The number of aliphatic hydroxyl groups excluding tert-OH is 1. The van der Waals surface area contributed by atoms with Gasteiger partial charge >= 0.3 is 6.09 Å². The van der Waals surface area contributed by atoms with Gasteiger partial charge in [-0.3, -0.25) is 4.79 Å². The Hall–Kier alpha value is -4.73. The molecule has 2 amide bonds. The van der Waals surface area contributed by atoms with E-state index in [4.69, 9.17) is 19.7 Å². The standard InChI is InChI=1S/C44H58N6O4/c1-10-28-24(3)32-21-34-26(5)30(16-17-39(52)45-18-14-12-13-15-19-46-43(53)54-44(7,8)9)41(49-34)31-20-38(51)40-27(6)35(50-42(31)40)23-37-29(11-2)25(4)33(48-37)22-36(28)47-32/h21-23,26,30,49,51H,10-20H2,1-9H3,(H,45,52)(H,46,53)/t26-,30-/m0/s1. The molecule has 1 aliphatic carbocycles. The van der Waals surface area contributed by atoms with Crippen molar-refractivity contribution in [1.29, 1.82) is 0 Å². The van der Waals surface area contributed by atoms with Crippen molar-refractivity contribution in [3.8, 4) is 0 Å². The normalized spacial score (nSPS) is 22.0. The highest BCUT2D eigenvalue weighted by atomic mass is 16.6. The molecule has 4 N–H and O–H groups in total. The van der Waals surface area contributed by atoms with Gasteiger partial charge in [0.1, 0.15) is 11.4 Å². The molecule has 54 heavy (non-hydrogen) atoms. The number of aliphatic hydroxyl groups is 1. The Bertz CT molecular complexity index is 1980. The van der Waals surface area contributed by atoms with Gasteiger partial charge in [0.25, 0.3) is 0 Å². The van der Waals surface area contributed by atoms with E-state index in [9.17, 15) is 14.7 Å². The lowest BCUT2D eigenvalue weighted by Crippen LogP contribution is -2.33. The molecule has 0 saturated carbocycles. The van der Waals surface area contributed by atoms with Gasteiger partial charge in [0, 0.05) is 60.3 Å². The molecule has 0 spiro atoms. The van der Waals surface area contributed by atoms with E-state index >= 15 is 0 Å². The summed E-state index contributed by atoms with van der Waals surface area (Å²) in [5.74, 6) is 0.512. The molecule has 10 nitrogen and oxygen atoms in total. The number of carbonyl (C=O) groups excluding carboxylic acids is 2. The zero-order valence-electron chi connectivity index (χ0n) is 33.7. The van der Waals surface area contributed by atoms with Crippen molar-refractivity contribution in [3.05, 3.63) is 91.5 Å². The Labute approximate surface area is 320 Å². The van der Waals surface area contributed by atoms with E-state index < -0.39 is 5.60 Å². The van der Waals surface area contributed by atoms with Crippen LogP contribution in [0.4, 0.5) is 4.79 Å². The van der Waals surface area contributed by atoms with E-state index in [-0.39, 0.29) is 23.8 Å². The van der Waals surface area contributed by atoms with Crippen LogP contribution in [0.2, 0.25) is 0 Å². The number of nitrogens with one attached hydrogen (secondary N) is 3. The van der Waals surface area contributed by atoms with Crippen LogP contribution in [0.1, 0.15) is 120 Å². The highest BCUT2D eigenvalue weighted by Crippen LogP contribution is 2.46. The maximum atomic E-state index is 13.2. The summed E-state index contributed by atoms with van der Waals surface area (Å²) in [5, 5.41) is 21.1. The summed E-state index contributed by atoms with van der Waals surface area (Å²) < 4.78 is 5.28. The minimum absolute atomic E-state index is 0.0357. The molecule has 0 aromatic carbocycles. The fraction of sp³-hybridized carbons (Fsp3) is 0.523. The van der Waals surface area contributed by atoms with E-state index in [1.807, 2.05) is 27.7 Å². The van der Waals surface area contributed by atoms with Crippen molar-refractivity contribution < 1.29 is 19.4 Å². The Balaban J connectivity index is 1.20. The molecule has 0 unspecified atom stereocenters. The second-order valence-corrected chi connectivity index (χ2v) is 16.2. The Morgan fingerprint density at radius 2 is 1.48 bits per heavy atom. The number of nitrogens with zero attached hydrogens (tertiary/aromatic N) is 3. The van der Waals surface area contributed by atoms with Crippen LogP contribution in [0.25, 0.3) is 0 Å². The van der Waals surface area contributed by atoms with Crippen LogP contribution in [-0.2, 0) is 9.53 Å². The third-order valence-corrected chi connectivity index (χ3v) is 11.3. The minimum atomic E-state index is -0.504. The molecule has 5 heterocycles. The molecule has 5 aliphatic heterocycles. The summed E-state index contributed by atoms with van der Waals surface area (Å²) in [5.41, 5.74) is 14.5. The summed E-state index contributed by atoms with van der Waals surface area (Å²) >= 11 is 0. The third-order valence-electron chi connectivity index (χ3n) is 11.3. The van der Waals surface area contributed by atoms with E-state index in [0.717, 1.165) is 106 Å². The lowest BCUT2D eigenvalue weighted by atomic mass is 9.86. The molecular formula is C44H58N6O4. The van der Waals surface area contributed by atoms with Gasteiger partial charge in [0.2, 0.25) is 5.91 Å². The van der Waals surface area contributed by atoms with Gasteiger partial charge in [-0.2, -0.15) is 0 Å². The number of alkyl carbamates (subject to hydrolysis) is 1. The number of ether oxygens (including phenoxy) is 1. The number of amides is 2. The van der Waals surface area contributed by atoms with E-state index in [0.29, 0.717) is 38.1 Å². The molecule has 1 saturated heterocycles. The molecule has 2 atom stereocenters. The fourth-order valence-corrected chi connectivity index (χ4v) is 8.32. The molecule has 6 rings (SSSR count). The van der Waals surface area contributed by atoms with Crippen LogP contribution in [-0.4, -0.2) is 52.9 Å². The van der Waals surface area contributed by atoms with Crippen LogP contribution in [0, 0.1) is 11.8 Å². The number of rotatable bonds is 12. The molecule has 8 bridgehead atoms. The van der Waals surface area contributed by atoms with Crippen molar-refractivity contribution in [2.24, 2.45) is 26.8 Å². The van der Waals surface area contributed by atoms with E-state index in [2.05, 4.69) is 68.8 Å². The van der Waals surface area contributed by atoms with Crippen molar-refractivity contribution in [1.82, 2.24) is 16.0 Å². The van der Waals surface area contributed by atoms with Crippen molar-refractivity contribution in [3.63, 3.8) is 0 Å². The van der Waals surface area contributed by atoms with Crippen molar-refractivity contribution >= 4 is 29.1 Å². The maximum absolute atomic E-state index is 13.2. The van der Waals surface area contributed by atoms with Crippen LogP contribution in [0.5, 0.6) is 0 Å². The predicted molar refractivity (Wildman–Crippen MR) is 217 cm³/mol. The number of hydrogen-bond acceptors (Lipinski definition) is 8. The summed E-state index contributed by atoms with van der Waals surface area (Å²) in [4.78, 5) is 40.5. The molecule has 6 aliphatic rings. The number of carbonyl (C=O) groups is 2. The molecule has 0 aromatic heterocycles. The van der Waals surface area contributed by atoms with Gasteiger partial charge in [-0.25, -0.2) is 19.8 Å². The number of aliphatic imine (C=N–C) groups is 3. The first-order valence-corrected chi connectivity index (χ1v) is 19.9. The average Bonchev–Trinajstić information content (AvgIpc) is 3.86. The predicted octanol–water partition coefficient (Wildman–Crippen LogP) is 9.05. The largest absolute Gasteiger partial charge is 0.511 e. The molecular weight excluding hydrogens is 677 g/mol. The smallest absolute Gasteiger partial charge is 0.407 e. The third kappa shape index (κ3) is 8.03. The summed E-state index contributed by atoms with van der Waals surface area (Å²) in [7, 11) is 0. The van der Waals surface area contributed by atoms with E-state index in [1.54, 1.807) is 0 Å². The van der Waals surface area contributed by atoms with Gasteiger partial charge in [0.15, 0.2) is 0 Å². The Morgan fingerprint density at radius 1 is 0.870 bits per heavy atom. The lowest BCUT2D eigenvalue weighted by Gasteiger charge is -2.19. The second-order valence-electron chi connectivity index (χ2n) is 16.2. The van der Waals surface area contributed by atoms with E-state index in [1.165, 1.54) is 16.7 Å². The molecule has 10 heteroatoms. The number of allylic oxidation sites excluding steroid dienone is 12. The first kappa shape index (κ1) is 39.0. The zero-order valence-corrected chi connectivity index (χ0v) is 33.7. The van der Waals surface area contributed by atoms with Crippen LogP contribution in [0.15, 0.2) is 106 Å². The topological polar surface area (TPSA) is 137 Å². The Morgan fingerprint density at radius 3 is 2.11 bits per heavy atom. The average molecular weight is 735 g/mol. The summed E-state index contributed by atoms with van der Waals surface area (Å²) in [6, 6.07) is 0. The van der Waals surface area contributed by atoms with Crippen molar-refractivity contribution in [2.75, 3.05) is 13.1 Å². The van der Waals surface area contributed by atoms with Gasteiger partial charge in [0.05, 0.1) is 34.2 Å². The molecule has 288 valence electrons. The van der Waals surface area contributed by atoms with Crippen LogP contribution in [0.3, 0.4) is 0 Å². The number of hydrogen-bond donors (Lipinski definition) is 4. The Kier molecular flexibility index (Phi) is 11.5.